The van der Waals surface area contributed by atoms with Gasteiger partial charge in [0.15, 0.2) is 0 Å². The highest BCUT2D eigenvalue weighted by Crippen LogP contribution is 2.06. The molecular formula is C15H19NO3. The van der Waals surface area contributed by atoms with Gasteiger partial charge < -0.3 is 10.4 Å². The van der Waals surface area contributed by atoms with Gasteiger partial charge in [0.25, 0.3) is 0 Å². The van der Waals surface area contributed by atoms with Gasteiger partial charge >= 0.3 is 5.97 Å². The highest BCUT2D eigenvalue weighted by molar-refractivity contribution is 5.94. The van der Waals surface area contributed by atoms with Gasteiger partial charge in [0.1, 0.15) is 6.04 Å². The monoisotopic (exact) mass is 261 g/mol. The van der Waals surface area contributed by atoms with Gasteiger partial charge in [-0.1, -0.05) is 38.1 Å². The molecule has 0 fully saturated rings. The van der Waals surface area contributed by atoms with Crippen LogP contribution in [0.15, 0.2) is 30.3 Å². The highest BCUT2D eigenvalue weighted by Gasteiger charge is 2.15. The maximum Gasteiger partial charge on any atom is 0.326 e. The molecule has 1 aromatic rings. The molecule has 1 atom stereocenters. The van der Waals surface area contributed by atoms with E-state index in [1.807, 2.05) is 24.3 Å². The number of amides is 1. The third-order valence-corrected chi connectivity index (χ3v) is 2.84. The van der Waals surface area contributed by atoms with Crippen LogP contribution in [0, 0.1) is 0 Å². The van der Waals surface area contributed by atoms with E-state index in [0.29, 0.717) is 6.42 Å². The van der Waals surface area contributed by atoms with Crippen LogP contribution in [0.3, 0.4) is 0 Å². The third-order valence-electron chi connectivity index (χ3n) is 2.84. The van der Waals surface area contributed by atoms with E-state index in [4.69, 9.17) is 5.11 Å². The van der Waals surface area contributed by atoms with E-state index in [1.165, 1.54) is 11.6 Å². The average molecular weight is 261 g/mol. The number of carbonyl (C=O) groups is 2. The number of rotatable bonds is 6. The van der Waals surface area contributed by atoms with Gasteiger partial charge in [-0.3, -0.25) is 4.79 Å². The van der Waals surface area contributed by atoms with Gasteiger partial charge in [0.2, 0.25) is 5.91 Å². The summed E-state index contributed by atoms with van der Waals surface area (Å²) in [5.74, 6) is -1.41. The summed E-state index contributed by atoms with van der Waals surface area (Å²) < 4.78 is 0. The van der Waals surface area contributed by atoms with Crippen molar-refractivity contribution in [1.29, 1.82) is 0 Å². The van der Waals surface area contributed by atoms with Crippen LogP contribution < -0.4 is 5.32 Å². The molecule has 0 aliphatic carbocycles. The van der Waals surface area contributed by atoms with Crippen molar-refractivity contribution in [2.45, 2.75) is 32.7 Å². The van der Waals surface area contributed by atoms with Gasteiger partial charge in [-0.15, -0.1) is 0 Å². The number of aliphatic carboxylic acids is 1. The zero-order valence-corrected chi connectivity index (χ0v) is 11.2. The Labute approximate surface area is 113 Å². The van der Waals surface area contributed by atoms with E-state index in [2.05, 4.69) is 12.2 Å². The van der Waals surface area contributed by atoms with E-state index in [9.17, 15) is 9.59 Å². The maximum absolute atomic E-state index is 11.6. The smallest absolute Gasteiger partial charge is 0.326 e. The van der Waals surface area contributed by atoms with Crippen LogP contribution in [-0.2, 0) is 16.0 Å². The lowest BCUT2D eigenvalue weighted by Gasteiger charge is -2.09. The summed E-state index contributed by atoms with van der Waals surface area (Å²) in [7, 11) is 0. The van der Waals surface area contributed by atoms with Crippen LogP contribution in [0.2, 0.25) is 0 Å². The lowest BCUT2D eigenvalue weighted by Crippen LogP contribution is -2.39. The highest BCUT2D eigenvalue weighted by atomic mass is 16.4. The molecule has 19 heavy (non-hydrogen) atoms. The number of nitrogens with one attached hydrogen (secondary N) is 1. The average Bonchev–Trinajstić information content (AvgIpc) is 2.42. The summed E-state index contributed by atoms with van der Waals surface area (Å²) in [5.41, 5.74) is 2.15. The first-order valence-electron chi connectivity index (χ1n) is 6.37. The second-order valence-electron chi connectivity index (χ2n) is 4.24. The predicted molar refractivity (Wildman–Crippen MR) is 74.7 cm³/mol. The molecule has 1 unspecified atom stereocenters. The molecule has 0 saturated carbocycles. The van der Waals surface area contributed by atoms with Gasteiger partial charge in [0.05, 0.1) is 0 Å². The summed E-state index contributed by atoms with van der Waals surface area (Å²) >= 11 is 0. The second kappa shape index (κ2) is 7.36. The molecule has 0 radical (unpaired) electrons. The first-order chi connectivity index (χ1) is 9.06. The predicted octanol–water partition coefficient (Wildman–Crippen LogP) is 2.24. The summed E-state index contributed by atoms with van der Waals surface area (Å²) in [4.78, 5) is 22.3. The number of carboxylic acid groups (broad SMARTS) is 1. The topological polar surface area (TPSA) is 66.4 Å². The van der Waals surface area contributed by atoms with E-state index in [-0.39, 0.29) is 0 Å². The minimum atomic E-state index is -1.02. The quantitative estimate of drug-likeness (QED) is 0.772. The van der Waals surface area contributed by atoms with E-state index in [0.717, 1.165) is 12.0 Å². The molecular weight excluding hydrogens is 242 g/mol. The Balaban J connectivity index is 2.59. The fourth-order valence-corrected chi connectivity index (χ4v) is 1.59. The van der Waals surface area contributed by atoms with Crippen molar-refractivity contribution in [2.24, 2.45) is 0 Å². The van der Waals surface area contributed by atoms with Gasteiger partial charge in [-0.2, -0.15) is 0 Å². The molecule has 0 aromatic heterocycles. The minimum absolute atomic E-state index is 0.361. The van der Waals surface area contributed by atoms with Crippen molar-refractivity contribution in [1.82, 2.24) is 5.32 Å². The standard InChI is InChI=1S/C15H19NO3/c1-3-11-5-7-12(8-6-11)9-10-14(17)16-13(4-2)15(18)19/h5-10,13H,3-4H2,1-2H3,(H,16,17)(H,18,19)/b10-9+. The summed E-state index contributed by atoms with van der Waals surface area (Å²) in [5, 5.41) is 11.3. The van der Waals surface area contributed by atoms with Crippen molar-refractivity contribution >= 4 is 18.0 Å². The Bertz CT molecular complexity index is 463. The largest absolute Gasteiger partial charge is 0.480 e. The number of carbonyl (C=O) groups excluding carboxylic acids is 1. The van der Waals surface area contributed by atoms with Crippen LogP contribution in [0.4, 0.5) is 0 Å². The normalized spacial score (nSPS) is 12.3. The Morgan fingerprint density at radius 2 is 1.89 bits per heavy atom. The van der Waals surface area contributed by atoms with Gasteiger partial charge in [-0.05, 0) is 30.0 Å². The molecule has 4 heteroatoms. The molecule has 0 saturated heterocycles. The molecule has 1 aromatic carbocycles. The first kappa shape index (κ1) is 15.0. The third kappa shape index (κ3) is 4.95. The molecule has 102 valence electrons. The van der Waals surface area contributed by atoms with Crippen molar-refractivity contribution in [3.63, 3.8) is 0 Å². The Hall–Kier alpha value is -2.10. The molecule has 2 N–H and O–H groups in total. The molecule has 1 amide bonds. The van der Waals surface area contributed by atoms with Crippen LogP contribution in [0.5, 0.6) is 0 Å². The Morgan fingerprint density at radius 3 is 2.37 bits per heavy atom. The molecule has 1 rings (SSSR count). The number of hydrogen-bond donors (Lipinski definition) is 2. The maximum atomic E-state index is 11.6. The molecule has 0 aliphatic rings. The number of hydrogen-bond acceptors (Lipinski definition) is 2. The number of aryl methyl sites for hydroxylation is 1. The lowest BCUT2D eigenvalue weighted by molar-refractivity contribution is -0.141. The zero-order valence-electron chi connectivity index (χ0n) is 11.2. The van der Waals surface area contributed by atoms with Crippen LogP contribution >= 0.6 is 0 Å². The molecule has 4 nitrogen and oxygen atoms in total. The Kier molecular flexibility index (Phi) is 5.79. The summed E-state index contributed by atoms with van der Waals surface area (Å²) in [6.45, 7) is 3.79. The zero-order chi connectivity index (χ0) is 14.3. The Morgan fingerprint density at radius 1 is 1.26 bits per heavy atom. The first-order valence-corrected chi connectivity index (χ1v) is 6.37. The van der Waals surface area contributed by atoms with Crippen LogP contribution in [-0.4, -0.2) is 23.0 Å². The van der Waals surface area contributed by atoms with E-state index in [1.54, 1.807) is 13.0 Å². The van der Waals surface area contributed by atoms with Crippen LogP contribution in [0.25, 0.3) is 6.08 Å². The van der Waals surface area contributed by atoms with Gasteiger partial charge in [0, 0.05) is 6.08 Å². The van der Waals surface area contributed by atoms with Gasteiger partial charge in [-0.25, -0.2) is 4.79 Å². The fraction of sp³-hybridized carbons (Fsp3) is 0.333. The molecule has 0 spiro atoms. The lowest BCUT2D eigenvalue weighted by atomic mass is 10.1. The van der Waals surface area contributed by atoms with Crippen molar-refractivity contribution in [3.8, 4) is 0 Å². The summed E-state index contributed by atoms with van der Waals surface area (Å²) in [6, 6.07) is 7.03. The number of benzene rings is 1. The number of carboxylic acids is 1. The van der Waals surface area contributed by atoms with Crippen LogP contribution in [0.1, 0.15) is 31.4 Å². The van der Waals surface area contributed by atoms with Crippen molar-refractivity contribution < 1.29 is 14.7 Å². The van der Waals surface area contributed by atoms with E-state index < -0.39 is 17.9 Å². The van der Waals surface area contributed by atoms with E-state index >= 15 is 0 Å². The molecule has 0 aliphatic heterocycles. The SMILES string of the molecule is CCc1ccc(/C=C/C(=O)NC(CC)C(=O)O)cc1. The molecule has 0 heterocycles. The summed E-state index contributed by atoms with van der Waals surface area (Å²) in [6.07, 6.45) is 4.36. The van der Waals surface area contributed by atoms with Crippen molar-refractivity contribution in [3.05, 3.63) is 41.5 Å². The molecule has 0 bridgehead atoms. The second-order valence-corrected chi connectivity index (χ2v) is 4.24. The minimum Gasteiger partial charge on any atom is -0.480 e. The fourth-order valence-electron chi connectivity index (χ4n) is 1.59. The van der Waals surface area contributed by atoms with Crippen molar-refractivity contribution in [2.75, 3.05) is 0 Å².